The number of hydrogen-bond donors (Lipinski definition) is 2. The number of nitrogens with one attached hydrogen (secondary N) is 2. The molecule has 1 aliphatic carbocycles. The number of aromatic nitrogens is 2. The Bertz CT molecular complexity index is 871. The van der Waals surface area contributed by atoms with Gasteiger partial charge in [0.2, 0.25) is 5.91 Å². The van der Waals surface area contributed by atoms with Crippen molar-refractivity contribution < 1.29 is 4.79 Å². The molecule has 4 rings (SSSR count). The van der Waals surface area contributed by atoms with Crippen LogP contribution in [0.4, 0.5) is 5.82 Å². The Balaban J connectivity index is 1.56. The second kappa shape index (κ2) is 5.60. The average molecular weight is 337 g/mol. The third-order valence-electron chi connectivity index (χ3n) is 4.57. The van der Waals surface area contributed by atoms with Crippen LogP contribution in [0.1, 0.15) is 29.5 Å². The van der Waals surface area contributed by atoms with E-state index in [2.05, 4.69) is 47.6 Å². The maximum atomic E-state index is 12.9. The number of carbonyl (C=O) groups excluding carboxylic acids is 1. The number of aryl methyl sites for hydroxylation is 2. The van der Waals surface area contributed by atoms with Gasteiger partial charge in [-0.3, -0.25) is 9.89 Å². The van der Waals surface area contributed by atoms with Gasteiger partial charge in [0.25, 0.3) is 0 Å². The van der Waals surface area contributed by atoms with E-state index in [1.807, 2.05) is 23.6 Å². The van der Waals surface area contributed by atoms with E-state index in [-0.39, 0.29) is 5.91 Å². The van der Waals surface area contributed by atoms with Crippen molar-refractivity contribution >= 4 is 23.1 Å². The van der Waals surface area contributed by atoms with Gasteiger partial charge >= 0.3 is 0 Å². The summed E-state index contributed by atoms with van der Waals surface area (Å²) in [7, 11) is 0. The third kappa shape index (κ3) is 2.65. The molecule has 2 N–H and O–H groups in total. The zero-order valence-electron chi connectivity index (χ0n) is 13.7. The lowest BCUT2D eigenvalue weighted by Crippen LogP contribution is -2.28. The van der Waals surface area contributed by atoms with Crippen molar-refractivity contribution in [3.05, 3.63) is 58.5 Å². The molecule has 122 valence electrons. The van der Waals surface area contributed by atoms with Gasteiger partial charge < -0.3 is 5.32 Å². The Hall–Kier alpha value is -2.40. The van der Waals surface area contributed by atoms with Crippen LogP contribution in [0.15, 0.2) is 41.8 Å². The zero-order chi connectivity index (χ0) is 16.7. The van der Waals surface area contributed by atoms with Crippen LogP contribution >= 0.6 is 11.3 Å². The molecule has 1 aliphatic rings. The average Bonchev–Trinajstić information content (AvgIpc) is 2.94. The quantitative estimate of drug-likeness (QED) is 0.740. The molecule has 0 spiro atoms. The molecule has 2 aromatic heterocycles. The highest BCUT2D eigenvalue weighted by Crippen LogP contribution is 2.49. The lowest BCUT2D eigenvalue weighted by Gasteiger charge is -2.16. The molecule has 0 aliphatic heterocycles. The maximum absolute atomic E-state index is 12.9. The van der Waals surface area contributed by atoms with Crippen LogP contribution < -0.4 is 5.32 Å². The van der Waals surface area contributed by atoms with Crippen molar-refractivity contribution in [1.29, 1.82) is 0 Å². The van der Waals surface area contributed by atoms with Crippen LogP contribution in [-0.2, 0) is 10.2 Å². The second-order valence-corrected chi connectivity index (χ2v) is 7.50. The fourth-order valence-electron chi connectivity index (χ4n) is 3.20. The van der Waals surface area contributed by atoms with Crippen molar-refractivity contribution in [1.82, 2.24) is 10.2 Å². The zero-order valence-corrected chi connectivity index (χ0v) is 14.5. The molecule has 24 heavy (non-hydrogen) atoms. The molecule has 0 atom stereocenters. The van der Waals surface area contributed by atoms with Crippen LogP contribution in [-0.4, -0.2) is 16.1 Å². The van der Waals surface area contributed by atoms with Crippen molar-refractivity contribution in [3.63, 3.8) is 0 Å². The summed E-state index contributed by atoms with van der Waals surface area (Å²) >= 11 is 1.64. The number of amides is 1. The normalized spacial score (nSPS) is 15.2. The third-order valence-corrected chi connectivity index (χ3v) is 5.47. The van der Waals surface area contributed by atoms with Crippen molar-refractivity contribution in [2.24, 2.45) is 0 Å². The van der Waals surface area contributed by atoms with Gasteiger partial charge in [-0.25, -0.2) is 0 Å². The topological polar surface area (TPSA) is 57.8 Å². The predicted octanol–water partition coefficient (Wildman–Crippen LogP) is 4.43. The smallest absolute Gasteiger partial charge is 0.236 e. The summed E-state index contributed by atoms with van der Waals surface area (Å²) in [5, 5.41) is 12.2. The molecule has 1 saturated carbocycles. The first-order chi connectivity index (χ1) is 11.6. The van der Waals surface area contributed by atoms with Gasteiger partial charge in [0.15, 0.2) is 5.82 Å². The van der Waals surface area contributed by atoms with E-state index in [4.69, 9.17) is 0 Å². The Morgan fingerprint density at radius 2 is 1.96 bits per heavy atom. The van der Waals surface area contributed by atoms with Gasteiger partial charge in [-0.05, 0) is 43.7 Å². The number of benzene rings is 1. The van der Waals surface area contributed by atoms with Gasteiger partial charge in [0.05, 0.1) is 16.0 Å². The Morgan fingerprint density at radius 1 is 1.21 bits per heavy atom. The molecular weight excluding hydrogens is 318 g/mol. The monoisotopic (exact) mass is 337 g/mol. The molecule has 5 heteroatoms. The summed E-state index contributed by atoms with van der Waals surface area (Å²) < 4.78 is 0. The lowest BCUT2D eigenvalue weighted by molar-refractivity contribution is -0.118. The minimum atomic E-state index is -0.390. The number of anilines is 1. The lowest BCUT2D eigenvalue weighted by atomic mass is 9.92. The van der Waals surface area contributed by atoms with Gasteiger partial charge in [0.1, 0.15) is 0 Å². The molecule has 1 amide bonds. The highest BCUT2D eigenvalue weighted by atomic mass is 32.1. The van der Waals surface area contributed by atoms with Crippen LogP contribution in [0.25, 0.3) is 10.6 Å². The Kier molecular flexibility index (Phi) is 3.53. The van der Waals surface area contributed by atoms with E-state index >= 15 is 0 Å². The largest absolute Gasteiger partial charge is 0.308 e. The van der Waals surface area contributed by atoms with E-state index in [9.17, 15) is 4.79 Å². The van der Waals surface area contributed by atoms with Crippen LogP contribution in [0.3, 0.4) is 0 Å². The number of aromatic amines is 1. The van der Waals surface area contributed by atoms with Gasteiger partial charge in [-0.15, -0.1) is 11.3 Å². The predicted molar refractivity (Wildman–Crippen MR) is 97.4 cm³/mol. The summed E-state index contributed by atoms with van der Waals surface area (Å²) in [5.41, 5.74) is 4.05. The van der Waals surface area contributed by atoms with Crippen LogP contribution in [0.5, 0.6) is 0 Å². The standard InChI is InChI=1S/C19H19N3OS/c1-12-8-13(2)10-14(9-12)19(5-6-19)18(23)20-17-11-15(21-22-17)16-4-3-7-24-16/h3-4,7-11H,5-6H2,1-2H3,(H2,20,21,22,23). The number of hydrogen-bond acceptors (Lipinski definition) is 3. The first-order valence-electron chi connectivity index (χ1n) is 8.06. The van der Waals surface area contributed by atoms with Crippen molar-refractivity contribution in [2.75, 3.05) is 5.32 Å². The number of rotatable bonds is 4. The SMILES string of the molecule is Cc1cc(C)cc(C2(C(=O)Nc3cc(-c4cccs4)[nH]n3)CC2)c1. The first-order valence-corrected chi connectivity index (χ1v) is 8.94. The molecule has 0 saturated heterocycles. The van der Waals surface area contributed by atoms with Gasteiger partial charge in [0, 0.05) is 6.07 Å². The Morgan fingerprint density at radius 3 is 2.58 bits per heavy atom. The molecule has 1 fully saturated rings. The van der Waals surface area contributed by atoms with E-state index in [1.165, 1.54) is 11.1 Å². The van der Waals surface area contributed by atoms with Gasteiger partial charge in [-0.2, -0.15) is 5.10 Å². The highest BCUT2D eigenvalue weighted by Gasteiger charge is 2.51. The minimum Gasteiger partial charge on any atom is -0.308 e. The summed E-state index contributed by atoms with van der Waals surface area (Å²) in [6, 6.07) is 12.3. The van der Waals surface area contributed by atoms with Crippen LogP contribution in [0, 0.1) is 13.8 Å². The van der Waals surface area contributed by atoms with E-state index in [0.717, 1.165) is 29.0 Å². The number of nitrogens with zero attached hydrogens (tertiary/aromatic N) is 1. The molecule has 3 aromatic rings. The summed E-state index contributed by atoms with van der Waals surface area (Å²) in [6.45, 7) is 4.15. The molecular formula is C19H19N3OS. The fraction of sp³-hybridized carbons (Fsp3) is 0.263. The van der Waals surface area contributed by atoms with E-state index < -0.39 is 5.41 Å². The van der Waals surface area contributed by atoms with Crippen molar-refractivity contribution in [2.45, 2.75) is 32.1 Å². The summed E-state index contributed by atoms with van der Waals surface area (Å²) in [5.74, 6) is 0.621. The highest BCUT2D eigenvalue weighted by molar-refractivity contribution is 7.13. The molecule has 2 heterocycles. The molecule has 0 unspecified atom stereocenters. The molecule has 4 nitrogen and oxygen atoms in total. The molecule has 1 aromatic carbocycles. The van der Waals surface area contributed by atoms with E-state index in [0.29, 0.717) is 5.82 Å². The fourth-order valence-corrected chi connectivity index (χ4v) is 3.89. The first kappa shape index (κ1) is 15.1. The molecule has 0 bridgehead atoms. The van der Waals surface area contributed by atoms with Crippen molar-refractivity contribution in [3.8, 4) is 10.6 Å². The summed E-state index contributed by atoms with van der Waals surface area (Å²) in [4.78, 5) is 14.0. The number of H-pyrrole nitrogens is 1. The summed E-state index contributed by atoms with van der Waals surface area (Å²) in [6.07, 6.45) is 1.79. The second-order valence-electron chi connectivity index (χ2n) is 6.56. The number of carbonyl (C=O) groups is 1. The van der Waals surface area contributed by atoms with E-state index in [1.54, 1.807) is 11.3 Å². The van der Waals surface area contributed by atoms with Crippen LogP contribution in [0.2, 0.25) is 0 Å². The minimum absolute atomic E-state index is 0.0386. The molecule has 0 radical (unpaired) electrons. The maximum Gasteiger partial charge on any atom is 0.236 e. The van der Waals surface area contributed by atoms with Gasteiger partial charge in [-0.1, -0.05) is 35.4 Å². The number of thiophene rings is 1. The Labute approximate surface area is 144 Å².